The van der Waals surface area contributed by atoms with Gasteiger partial charge in [0.25, 0.3) is 0 Å². The molecular formula is C12H9ClO2. The maximum Gasteiger partial charge on any atom is 0.335 e. The van der Waals surface area contributed by atoms with Crippen LogP contribution in [0.25, 0.3) is 10.8 Å². The van der Waals surface area contributed by atoms with Crippen LogP contribution in [0, 0.1) is 0 Å². The number of benzene rings is 2. The molecule has 0 aliphatic heterocycles. The van der Waals surface area contributed by atoms with E-state index in [9.17, 15) is 4.79 Å². The van der Waals surface area contributed by atoms with Crippen molar-refractivity contribution in [2.45, 2.75) is 5.88 Å². The Morgan fingerprint density at radius 3 is 2.53 bits per heavy atom. The van der Waals surface area contributed by atoms with Gasteiger partial charge in [-0.05, 0) is 34.5 Å². The molecular weight excluding hydrogens is 212 g/mol. The summed E-state index contributed by atoms with van der Waals surface area (Å²) in [5.41, 5.74) is 1.29. The van der Waals surface area contributed by atoms with E-state index in [-0.39, 0.29) is 0 Å². The van der Waals surface area contributed by atoms with Gasteiger partial charge < -0.3 is 5.11 Å². The maximum absolute atomic E-state index is 10.8. The number of hydrogen-bond donors (Lipinski definition) is 1. The van der Waals surface area contributed by atoms with Crippen LogP contribution in [0.5, 0.6) is 0 Å². The van der Waals surface area contributed by atoms with Crippen LogP contribution >= 0.6 is 11.6 Å². The van der Waals surface area contributed by atoms with Crippen molar-refractivity contribution in [2.75, 3.05) is 0 Å². The highest BCUT2D eigenvalue weighted by Crippen LogP contribution is 2.19. The zero-order valence-electron chi connectivity index (χ0n) is 7.90. The summed E-state index contributed by atoms with van der Waals surface area (Å²) in [5.74, 6) is -0.471. The first-order valence-electron chi connectivity index (χ1n) is 4.52. The lowest BCUT2D eigenvalue weighted by atomic mass is 10.0. The predicted molar refractivity (Wildman–Crippen MR) is 60.5 cm³/mol. The van der Waals surface area contributed by atoms with Crippen LogP contribution in [0.1, 0.15) is 15.9 Å². The third kappa shape index (κ3) is 1.95. The van der Waals surface area contributed by atoms with E-state index in [2.05, 4.69) is 0 Å². The molecule has 0 saturated carbocycles. The molecule has 15 heavy (non-hydrogen) atoms. The molecule has 0 aliphatic carbocycles. The van der Waals surface area contributed by atoms with Gasteiger partial charge in [-0.1, -0.05) is 18.2 Å². The first-order valence-corrected chi connectivity index (χ1v) is 5.06. The van der Waals surface area contributed by atoms with Gasteiger partial charge in [0, 0.05) is 5.88 Å². The van der Waals surface area contributed by atoms with Crippen LogP contribution in [0.4, 0.5) is 0 Å². The van der Waals surface area contributed by atoms with Crippen LogP contribution in [0.2, 0.25) is 0 Å². The Labute approximate surface area is 92.1 Å². The number of fused-ring (bicyclic) bond motifs is 1. The number of halogens is 1. The molecule has 0 saturated heterocycles. The molecule has 2 nitrogen and oxygen atoms in total. The van der Waals surface area contributed by atoms with E-state index < -0.39 is 5.97 Å². The van der Waals surface area contributed by atoms with Crippen molar-refractivity contribution in [1.29, 1.82) is 0 Å². The molecule has 0 bridgehead atoms. The molecule has 76 valence electrons. The van der Waals surface area contributed by atoms with Crippen molar-refractivity contribution in [2.24, 2.45) is 0 Å². The fraction of sp³-hybridized carbons (Fsp3) is 0.0833. The maximum atomic E-state index is 10.8. The molecule has 1 N–H and O–H groups in total. The van der Waals surface area contributed by atoms with E-state index in [1.54, 1.807) is 18.2 Å². The van der Waals surface area contributed by atoms with Crippen LogP contribution in [-0.4, -0.2) is 11.1 Å². The van der Waals surface area contributed by atoms with Gasteiger partial charge in [-0.15, -0.1) is 11.6 Å². The summed E-state index contributed by atoms with van der Waals surface area (Å²) in [5, 5.41) is 10.8. The van der Waals surface area contributed by atoms with E-state index in [1.165, 1.54) is 0 Å². The Hall–Kier alpha value is -1.54. The molecule has 0 unspecified atom stereocenters. The number of carbonyl (C=O) groups is 1. The van der Waals surface area contributed by atoms with Crippen molar-refractivity contribution in [3.8, 4) is 0 Å². The molecule has 2 aromatic carbocycles. The van der Waals surface area contributed by atoms with Crippen LogP contribution < -0.4 is 0 Å². The first kappa shape index (κ1) is 9.99. The topological polar surface area (TPSA) is 37.3 Å². The molecule has 0 radical (unpaired) electrons. The smallest absolute Gasteiger partial charge is 0.335 e. The summed E-state index contributed by atoms with van der Waals surface area (Å²) >= 11 is 5.71. The van der Waals surface area contributed by atoms with Crippen LogP contribution in [0.15, 0.2) is 36.4 Å². The minimum atomic E-state index is -0.909. The van der Waals surface area contributed by atoms with Gasteiger partial charge in [0.1, 0.15) is 0 Å². The van der Waals surface area contributed by atoms with Gasteiger partial charge in [-0.2, -0.15) is 0 Å². The van der Waals surface area contributed by atoms with Crippen molar-refractivity contribution < 1.29 is 9.90 Å². The zero-order valence-corrected chi connectivity index (χ0v) is 8.66. The lowest BCUT2D eigenvalue weighted by Gasteiger charge is -2.01. The fourth-order valence-electron chi connectivity index (χ4n) is 1.51. The monoisotopic (exact) mass is 220 g/mol. The second kappa shape index (κ2) is 3.91. The fourth-order valence-corrected chi connectivity index (χ4v) is 1.68. The quantitative estimate of drug-likeness (QED) is 0.789. The van der Waals surface area contributed by atoms with E-state index in [1.807, 2.05) is 18.2 Å². The molecule has 3 heteroatoms. The van der Waals surface area contributed by atoms with Crippen molar-refractivity contribution in [3.05, 3.63) is 47.5 Å². The van der Waals surface area contributed by atoms with Gasteiger partial charge >= 0.3 is 5.97 Å². The van der Waals surface area contributed by atoms with Gasteiger partial charge in [-0.3, -0.25) is 0 Å². The third-order valence-electron chi connectivity index (χ3n) is 2.31. The van der Waals surface area contributed by atoms with E-state index in [0.29, 0.717) is 11.4 Å². The van der Waals surface area contributed by atoms with Gasteiger partial charge in [0.15, 0.2) is 0 Å². The Kier molecular flexibility index (Phi) is 2.60. The minimum absolute atomic E-state index is 0.300. The summed E-state index contributed by atoms with van der Waals surface area (Å²) in [6.07, 6.45) is 0. The van der Waals surface area contributed by atoms with Crippen molar-refractivity contribution >= 4 is 28.3 Å². The van der Waals surface area contributed by atoms with Crippen molar-refractivity contribution in [3.63, 3.8) is 0 Å². The standard InChI is InChI=1S/C12H9ClO2/c13-7-8-1-2-9-3-4-10(12(14)15)6-11(9)5-8/h1-6H,7H2,(H,14,15). The summed E-state index contributed by atoms with van der Waals surface area (Å²) in [7, 11) is 0. The van der Waals surface area contributed by atoms with E-state index in [0.717, 1.165) is 16.3 Å². The van der Waals surface area contributed by atoms with Crippen LogP contribution in [0.3, 0.4) is 0 Å². The Morgan fingerprint density at radius 2 is 1.87 bits per heavy atom. The molecule has 0 amide bonds. The number of rotatable bonds is 2. The summed E-state index contributed by atoms with van der Waals surface area (Å²) < 4.78 is 0. The Bertz CT molecular complexity index is 520. The molecule has 0 spiro atoms. The van der Waals surface area contributed by atoms with Crippen LogP contribution in [-0.2, 0) is 5.88 Å². The molecule has 0 heterocycles. The molecule has 2 rings (SSSR count). The molecule has 0 aliphatic rings. The number of carboxylic acids is 1. The first-order chi connectivity index (χ1) is 7.20. The average molecular weight is 221 g/mol. The molecule has 0 atom stereocenters. The average Bonchev–Trinajstić information content (AvgIpc) is 2.27. The lowest BCUT2D eigenvalue weighted by Crippen LogP contribution is -1.95. The highest BCUT2D eigenvalue weighted by atomic mass is 35.5. The summed E-state index contributed by atoms with van der Waals surface area (Å²) in [6, 6.07) is 10.9. The lowest BCUT2D eigenvalue weighted by molar-refractivity contribution is 0.0697. The number of hydrogen-bond acceptors (Lipinski definition) is 1. The van der Waals surface area contributed by atoms with Crippen molar-refractivity contribution in [1.82, 2.24) is 0 Å². The second-order valence-corrected chi connectivity index (χ2v) is 3.60. The normalized spacial score (nSPS) is 10.5. The Morgan fingerprint density at radius 1 is 1.13 bits per heavy atom. The molecule has 0 fully saturated rings. The zero-order chi connectivity index (χ0) is 10.8. The number of alkyl halides is 1. The predicted octanol–water partition coefficient (Wildman–Crippen LogP) is 3.28. The summed E-state index contributed by atoms with van der Waals surface area (Å²) in [6.45, 7) is 0. The number of aromatic carboxylic acids is 1. The Balaban J connectivity index is 2.62. The van der Waals surface area contributed by atoms with E-state index >= 15 is 0 Å². The number of carboxylic acid groups (broad SMARTS) is 1. The van der Waals surface area contributed by atoms with Gasteiger partial charge in [0.05, 0.1) is 5.56 Å². The largest absolute Gasteiger partial charge is 0.478 e. The SMILES string of the molecule is O=C(O)c1ccc2ccc(CCl)cc2c1. The molecule has 2 aromatic rings. The van der Waals surface area contributed by atoms with Gasteiger partial charge in [-0.25, -0.2) is 4.79 Å². The van der Waals surface area contributed by atoms with E-state index in [4.69, 9.17) is 16.7 Å². The second-order valence-electron chi connectivity index (χ2n) is 3.34. The highest BCUT2D eigenvalue weighted by Gasteiger charge is 2.03. The third-order valence-corrected chi connectivity index (χ3v) is 2.61. The van der Waals surface area contributed by atoms with Gasteiger partial charge in [0.2, 0.25) is 0 Å². The molecule has 0 aromatic heterocycles. The highest BCUT2D eigenvalue weighted by molar-refractivity contribution is 6.17. The minimum Gasteiger partial charge on any atom is -0.478 e. The summed E-state index contributed by atoms with van der Waals surface area (Å²) in [4.78, 5) is 10.8.